The molecule has 3 N–H and O–H groups in total. The van der Waals surface area contributed by atoms with Crippen molar-refractivity contribution in [3.05, 3.63) is 0 Å². The molecule has 0 aliphatic heterocycles. The number of phosphoric ester groups is 2. The lowest BCUT2D eigenvalue weighted by molar-refractivity contribution is -0.161. The summed E-state index contributed by atoms with van der Waals surface area (Å²) in [4.78, 5) is 73.0. The quantitative estimate of drug-likeness (QED) is 0.0222. The van der Waals surface area contributed by atoms with Crippen LogP contribution in [0.25, 0.3) is 0 Å². The summed E-state index contributed by atoms with van der Waals surface area (Å²) in [5, 5.41) is 10.6. The number of ether oxygens (including phenoxy) is 4. The van der Waals surface area contributed by atoms with E-state index in [1.165, 1.54) is 263 Å². The first kappa shape index (κ1) is 101. The van der Waals surface area contributed by atoms with Crippen LogP contribution in [0.5, 0.6) is 0 Å². The summed E-state index contributed by atoms with van der Waals surface area (Å²) in [5.74, 6) is -1.24. The lowest BCUT2D eigenvalue weighted by Crippen LogP contribution is -2.30. The van der Waals surface area contributed by atoms with E-state index in [0.29, 0.717) is 25.7 Å². The van der Waals surface area contributed by atoms with Gasteiger partial charge in [0.25, 0.3) is 0 Å². The van der Waals surface area contributed by atoms with Gasteiger partial charge in [-0.2, -0.15) is 0 Å². The Bertz CT molecular complexity index is 1960. The summed E-state index contributed by atoms with van der Waals surface area (Å²) >= 11 is 0. The molecule has 0 fully saturated rings. The number of carbonyl (C=O) groups is 4. The smallest absolute Gasteiger partial charge is 0.462 e. The van der Waals surface area contributed by atoms with Crippen molar-refractivity contribution in [2.24, 2.45) is 5.92 Å². The molecule has 6 atom stereocenters. The summed E-state index contributed by atoms with van der Waals surface area (Å²) in [7, 11) is -9.92. The normalized spacial score (nSPS) is 14.1. The van der Waals surface area contributed by atoms with Crippen LogP contribution in [0, 0.1) is 5.92 Å². The molecule has 612 valence electrons. The molecule has 0 rings (SSSR count). The molecule has 103 heavy (non-hydrogen) atoms. The Morgan fingerprint density at radius 1 is 0.272 bits per heavy atom. The first-order chi connectivity index (χ1) is 50.1. The van der Waals surface area contributed by atoms with Crippen LogP contribution in [0.1, 0.15) is 452 Å². The molecule has 0 saturated heterocycles. The maximum atomic E-state index is 13.1. The molecule has 19 heteroatoms. The topological polar surface area (TPSA) is 237 Å². The molecule has 0 aromatic rings. The van der Waals surface area contributed by atoms with Gasteiger partial charge < -0.3 is 33.8 Å². The van der Waals surface area contributed by atoms with Crippen LogP contribution in [0.3, 0.4) is 0 Å². The second kappa shape index (κ2) is 76.8. The molecule has 0 aromatic heterocycles. The van der Waals surface area contributed by atoms with Crippen molar-refractivity contribution >= 4 is 39.5 Å². The summed E-state index contributed by atoms with van der Waals surface area (Å²) < 4.78 is 68.7. The van der Waals surface area contributed by atoms with E-state index in [2.05, 4.69) is 34.6 Å². The minimum atomic E-state index is -4.96. The van der Waals surface area contributed by atoms with Crippen LogP contribution >= 0.6 is 15.6 Å². The predicted molar refractivity (Wildman–Crippen MR) is 423 cm³/mol. The highest BCUT2D eigenvalue weighted by atomic mass is 31.2. The van der Waals surface area contributed by atoms with E-state index in [9.17, 15) is 43.2 Å². The van der Waals surface area contributed by atoms with Crippen molar-refractivity contribution in [1.82, 2.24) is 0 Å². The van der Waals surface area contributed by atoms with E-state index < -0.39 is 97.5 Å². The van der Waals surface area contributed by atoms with Crippen LogP contribution in [0.2, 0.25) is 0 Å². The largest absolute Gasteiger partial charge is 0.472 e. The van der Waals surface area contributed by atoms with E-state index >= 15 is 0 Å². The molecule has 0 saturated carbocycles. The van der Waals surface area contributed by atoms with Gasteiger partial charge in [-0.3, -0.25) is 37.3 Å². The number of rotatable bonds is 84. The molecule has 17 nitrogen and oxygen atoms in total. The molecule has 0 aromatic carbocycles. The van der Waals surface area contributed by atoms with Crippen molar-refractivity contribution in [3.8, 4) is 0 Å². The van der Waals surface area contributed by atoms with Crippen LogP contribution in [0.4, 0.5) is 0 Å². The number of phosphoric acid groups is 2. The highest BCUT2D eigenvalue weighted by Crippen LogP contribution is 2.45. The van der Waals surface area contributed by atoms with E-state index in [4.69, 9.17) is 37.0 Å². The maximum Gasteiger partial charge on any atom is 0.472 e. The van der Waals surface area contributed by atoms with E-state index in [0.717, 1.165) is 109 Å². The van der Waals surface area contributed by atoms with Gasteiger partial charge in [0.1, 0.15) is 19.3 Å². The summed E-state index contributed by atoms with van der Waals surface area (Å²) in [6.45, 7) is 7.38. The molecule has 0 heterocycles. The first-order valence-corrected chi connectivity index (χ1v) is 46.7. The van der Waals surface area contributed by atoms with Crippen LogP contribution in [-0.2, 0) is 65.4 Å². The Hall–Kier alpha value is -1.94. The maximum absolute atomic E-state index is 13.1. The van der Waals surface area contributed by atoms with Crippen molar-refractivity contribution in [3.63, 3.8) is 0 Å². The van der Waals surface area contributed by atoms with Crippen molar-refractivity contribution in [1.29, 1.82) is 0 Å². The number of aliphatic hydroxyl groups is 1. The number of hydrogen-bond acceptors (Lipinski definition) is 15. The Morgan fingerprint density at radius 2 is 0.466 bits per heavy atom. The standard InChI is InChI=1S/C84H164O17P2/c1-6-10-13-16-19-21-23-25-27-29-33-37-40-44-48-53-58-63-68-82(87)95-74-80(101-84(89)70-65-60-55-50-46-42-38-34-31-30-32-35-39-43-47-52-56-61-66-77(5)9-4)76-99-103(92,93)97-72-78(85)71-96-102(90,91)98-75-79(73-94-81(86)67-62-57-51-18-15-12-8-3)100-83(88)69-64-59-54-49-45-41-36-28-26-24-22-20-17-14-11-7-2/h77-80,85H,6-76H2,1-5H3,(H,90,91)(H,92,93)/t77?,78-,79+,80+/m0/s1. The van der Waals surface area contributed by atoms with Gasteiger partial charge in [-0.25, -0.2) is 9.13 Å². The molecule has 0 bridgehead atoms. The van der Waals surface area contributed by atoms with Gasteiger partial charge in [0.05, 0.1) is 26.4 Å². The van der Waals surface area contributed by atoms with E-state index in [-0.39, 0.29) is 25.7 Å². The molecule has 0 amide bonds. The minimum Gasteiger partial charge on any atom is -0.462 e. The molecule has 0 spiro atoms. The van der Waals surface area contributed by atoms with E-state index in [1.807, 2.05) is 0 Å². The highest BCUT2D eigenvalue weighted by molar-refractivity contribution is 7.47. The van der Waals surface area contributed by atoms with Crippen LogP contribution in [0.15, 0.2) is 0 Å². The Labute approximate surface area is 632 Å². The number of unbranched alkanes of at least 4 members (excludes halogenated alkanes) is 55. The molecule has 0 radical (unpaired) electrons. The highest BCUT2D eigenvalue weighted by Gasteiger charge is 2.30. The van der Waals surface area contributed by atoms with Gasteiger partial charge in [-0.1, -0.05) is 401 Å². The second-order valence-electron chi connectivity index (χ2n) is 30.5. The number of hydrogen-bond donors (Lipinski definition) is 3. The summed E-state index contributed by atoms with van der Waals surface area (Å²) in [6.07, 6.45) is 69.6. The molecule has 3 unspecified atom stereocenters. The third-order valence-corrected chi connectivity index (χ3v) is 22.0. The number of aliphatic hydroxyl groups excluding tert-OH is 1. The van der Waals surface area contributed by atoms with Gasteiger partial charge in [0.2, 0.25) is 0 Å². The van der Waals surface area contributed by atoms with Crippen molar-refractivity contribution in [2.45, 2.75) is 470 Å². The molecular weight excluding hydrogens is 1340 g/mol. The predicted octanol–water partition coefficient (Wildman–Crippen LogP) is 25.6. The zero-order chi connectivity index (χ0) is 75.5. The summed E-state index contributed by atoms with van der Waals surface area (Å²) in [5.41, 5.74) is 0. The lowest BCUT2D eigenvalue weighted by Gasteiger charge is -2.21. The zero-order valence-electron chi connectivity index (χ0n) is 67.5. The lowest BCUT2D eigenvalue weighted by atomic mass is 9.99. The average Bonchev–Trinajstić information content (AvgIpc) is 0.914. The fourth-order valence-corrected chi connectivity index (χ4v) is 14.7. The monoisotopic (exact) mass is 1510 g/mol. The fraction of sp³-hybridized carbons (Fsp3) is 0.952. The van der Waals surface area contributed by atoms with E-state index in [1.54, 1.807) is 0 Å². The van der Waals surface area contributed by atoms with Crippen LogP contribution < -0.4 is 0 Å². The number of carbonyl (C=O) groups excluding carboxylic acids is 4. The van der Waals surface area contributed by atoms with Crippen molar-refractivity contribution < 1.29 is 80.2 Å². The van der Waals surface area contributed by atoms with Gasteiger partial charge in [0.15, 0.2) is 12.2 Å². The van der Waals surface area contributed by atoms with Gasteiger partial charge in [0, 0.05) is 25.7 Å². The summed E-state index contributed by atoms with van der Waals surface area (Å²) in [6, 6.07) is 0. The molecular formula is C84H164O17P2. The first-order valence-electron chi connectivity index (χ1n) is 43.7. The third kappa shape index (κ3) is 76.6. The van der Waals surface area contributed by atoms with Gasteiger partial charge in [-0.15, -0.1) is 0 Å². The van der Waals surface area contributed by atoms with Gasteiger partial charge >= 0.3 is 39.5 Å². The van der Waals surface area contributed by atoms with Gasteiger partial charge in [-0.05, 0) is 31.6 Å². The number of esters is 4. The Morgan fingerprint density at radius 3 is 0.689 bits per heavy atom. The fourth-order valence-electron chi connectivity index (χ4n) is 13.1. The Kier molecular flexibility index (Phi) is 75.4. The van der Waals surface area contributed by atoms with Crippen LogP contribution in [-0.4, -0.2) is 96.7 Å². The molecule has 0 aliphatic rings. The Balaban J connectivity index is 5.16. The third-order valence-electron chi connectivity index (χ3n) is 20.1. The SMILES string of the molecule is CCCCCCCCCCCCCCCCCCCCC(=O)OC[C@H](COP(=O)(O)OC[C@@H](O)COP(=O)(O)OC[C@@H](COC(=O)CCCCCCCCC)OC(=O)CCCCCCCCCCCCCCCCCC)OC(=O)CCCCCCCCCCCCCCCCCCCCC(C)CC. The minimum absolute atomic E-state index is 0.108. The second-order valence-corrected chi connectivity index (χ2v) is 33.4. The average molecular weight is 1510 g/mol. The zero-order valence-corrected chi connectivity index (χ0v) is 69.3. The molecule has 0 aliphatic carbocycles. The van der Waals surface area contributed by atoms with Crippen molar-refractivity contribution in [2.75, 3.05) is 39.6 Å².